The van der Waals surface area contributed by atoms with E-state index >= 15 is 0 Å². The van der Waals surface area contributed by atoms with Gasteiger partial charge in [0.05, 0.1) is 19.8 Å². The fourth-order valence-corrected chi connectivity index (χ4v) is 1.61. The lowest BCUT2D eigenvalue weighted by molar-refractivity contribution is -0.137. The van der Waals surface area contributed by atoms with E-state index in [1.165, 1.54) is 0 Å². The van der Waals surface area contributed by atoms with Crippen molar-refractivity contribution < 1.29 is 24.2 Å². The van der Waals surface area contributed by atoms with Crippen molar-refractivity contribution in [1.82, 2.24) is 20.9 Å². The smallest absolute Gasteiger partial charge is 0.322 e. The quantitative estimate of drug-likeness (QED) is 0.423. The molecule has 9 nitrogen and oxygen atoms in total. The summed E-state index contributed by atoms with van der Waals surface area (Å²) in [4.78, 5) is 34.9. The van der Waals surface area contributed by atoms with Crippen LogP contribution in [0.4, 0.5) is 4.79 Å². The molecule has 1 saturated heterocycles. The highest BCUT2D eigenvalue weighted by molar-refractivity contribution is 5.86. The maximum Gasteiger partial charge on any atom is 0.322 e. The second-order valence-corrected chi connectivity index (χ2v) is 4.23. The molecule has 0 radical (unpaired) electrons. The van der Waals surface area contributed by atoms with E-state index in [-0.39, 0.29) is 6.54 Å². The van der Waals surface area contributed by atoms with Crippen LogP contribution in [0.25, 0.3) is 0 Å². The molecule has 1 aliphatic rings. The number of nitrogens with one attached hydrogen (secondary N) is 3. The van der Waals surface area contributed by atoms with Gasteiger partial charge in [-0.15, -0.1) is 0 Å². The van der Waals surface area contributed by atoms with Crippen molar-refractivity contribution >= 4 is 17.9 Å². The third-order valence-corrected chi connectivity index (χ3v) is 2.66. The Bertz CT molecular complexity index is 344. The summed E-state index contributed by atoms with van der Waals surface area (Å²) in [5.74, 6) is -1.68. The van der Waals surface area contributed by atoms with Crippen LogP contribution in [-0.2, 0) is 14.3 Å². The van der Waals surface area contributed by atoms with Gasteiger partial charge in [-0.05, 0) is 0 Å². The Kier molecular flexibility index (Phi) is 7.36. The number of rotatable bonds is 7. The van der Waals surface area contributed by atoms with Crippen LogP contribution in [0.2, 0.25) is 0 Å². The Morgan fingerprint density at radius 1 is 1.05 bits per heavy atom. The van der Waals surface area contributed by atoms with Crippen LogP contribution < -0.4 is 16.0 Å². The third-order valence-electron chi connectivity index (χ3n) is 2.66. The lowest BCUT2D eigenvalue weighted by Gasteiger charge is -2.26. The predicted octanol–water partition coefficient (Wildman–Crippen LogP) is -2.18. The fourth-order valence-electron chi connectivity index (χ4n) is 1.61. The number of hydrogen-bond donors (Lipinski definition) is 4. The van der Waals surface area contributed by atoms with Crippen LogP contribution in [0.3, 0.4) is 0 Å². The van der Waals surface area contributed by atoms with E-state index in [1.54, 1.807) is 0 Å². The molecular weight excluding hydrogens is 268 g/mol. The minimum atomic E-state index is -1.13. The zero-order valence-corrected chi connectivity index (χ0v) is 11.2. The SMILES string of the molecule is O=C(O)CNC(=O)CNC(=O)NCCN1CCOCC1. The highest BCUT2D eigenvalue weighted by Gasteiger charge is 2.10. The van der Waals surface area contributed by atoms with E-state index < -0.39 is 24.5 Å². The van der Waals surface area contributed by atoms with E-state index in [1.807, 2.05) is 0 Å². The highest BCUT2D eigenvalue weighted by Crippen LogP contribution is 1.94. The van der Waals surface area contributed by atoms with Gasteiger partial charge in [-0.2, -0.15) is 0 Å². The van der Waals surface area contributed by atoms with Crippen molar-refractivity contribution in [1.29, 1.82) is 0 Å². The minimum absolute atomic E-state index is 0.253. The van der Waals surface area contributed by atoms with Gasteiger partial charge in [0.15, 0.2) is 0 Å². The molecule has 0 saturated carbocycles. The molecule has 0 aromatic heterocycles. The molecule has 0 aromatic rings. The number of carbonyl (C=O) groups excluding carboxylic acids is 2. The Labute approximate surface area is 116 Å². The summed E-state index contributed by atoms with van der Waals surface area (Å²) in [5.41, 5.74) is 0. The van der Waals surface area contributed by atoms with Crippen molar-refractivity contribution in [2.45, 2.75) is 0 Å². The van der Waals surface area contributed by atoms with Gasteiger partial charge < -0.3 is 25.8 Å². The number of carboxylic acids is 1. The summed E-state index contributed by atoms with van der Waals surface area (Å²) in [6, 6.07) is -0.455. The summed E-state index contributed by atoms with van der Waals surface area (Å²) in [6.45, 7) is 3.59. The number of urea groups is 1. The molecule has 0 bridgehead atoms. The third kappa shape index (κ3) is 7.54. The van der Waals surface area contributed by atoms with Gasteiger partial charge in [0.1, 0.15) is 6.54 Å². The highest BCUT2D eigenvalue weighted by atomic mass is 16.5. The van der Waals surface area contributed by atoms with E-state index in [9.17, 15) is 14.4 Å². The minimum Gasteiger partial charge on any atom is -0.480 e. The maximum absolute atomic E-state index is 11.4. The van der Waals surface area contributed by atoms with E-state index in [0.717, 1.165) is 19.6 Å². The molecule has 4 N–H and O–H groups in total. The average molecular weight is 288 g/mol. The second kappa shape index (κ2) is 9.10. The number of ether oxygens (including phenoxy) is 1. The number of carboxylic acid groups (broad SMARTS) is 1. The lowest BCUT2D eigenvalue weighted by Crippen LogP contribution is -2.46. The summed E-state index contributed by atoms with van der Waals surface area (Å²) in [5, 5.41) is 15.5. The molecule has 3 amide bonds. The molecule has 0 atom stereocenters. The number of nitrogens with zero attached hydrogens (tertiary/aromatic N) is 1. The summed E-state index contributed by atoms with van der Waals surface area (Å²) in [7, 11) is 0. The van der Waals surface area contributed by atoms with E-state index in [2.05, 4.69) is 20.9 Å². The molecule has 114 valence electrons. The van der Waals surface area contributed by atoms with Crippen LogP contribution in [0, 0.1) is 0 Å². The van der Waals surface area contributed by atoms with E-state index in [0.29, 0.717) is 19.8 Å². The Morgan fingerprint density at radius 3 is 2.40 bits per heavy atom. The molecule has 1 heterocycles. The largest absolute Gasteiger partial charge is 0.480 e. The molecule has 0 aromatic carbocycles. The predicted molar refractivity (Wildman–Crippen MR) is 69.3 cm³/mol. The standard InChI is InChI=1S/C11H20N4O5/c16-9(13-8-10(17)18)7-14-11(19)12-1-2-15-3-5-20-6-4-15/h1-8H2,(H,13,16)(H,17,18)(H2,12,14,19). The van der Waals surface area contributed by atoms with Crippen molar-refractivity contribution in [3.8, 4) is 0 Å². The number of carbonyl (C=O) groups is 3. The molecular formula is C11H20N4O5. The van der Waals surface area contributed by atoms with Gasteiger partial charge in [-0.3, -0.25) is 14.5 Å². The molecule has 20 heavy (non-hydrogen) atoms. The number of aliphatic carboxylic acids is 1. The normalized spacial score (nSPS) is 15.4. The molecule has 1 aliphatic heterocycles. The van der Waals surface area contributed by atoms with Crippen LogP contribution in [0.1, 0.15) is 0 Å². The fraction of sp³-hybridized carbons (Fsp3) is 0.727. The number of morpholine rings is 1. The van der Waals surface area contributed by atoms with Gasteiger partial charge in [-0.1, -0.05) is 0 Å². The first-order valence-electron chi connectivity index (χ1n) is 6.38. The molecule has 9 heteroatoms. The Hall–Kier alpha value is -1.87. The van der Waals surface area contributed by atoms with Gasteiger partial charge >= 0.3 is 12.0 Å². The summed E-state index contributed by atoms with van der Waals surface area (Å²) in [6.07, 6.45) is 0. The molecule has 0 spiro atoms. The summed E-state index contributed by atoms with van der Waals surface area (Å²) >= 11 is 0. The first-order chi connectivity index (χ1) is 9.58. The average Bonchev–Trinajstić information content (AvgIpc) is 2.44. The first-order valence-corrected chi connectivity index (χ1v) is 6.38. The molecule has 0 unspecified atom stereocenters. The topological polar surface area (TPSA) is 120 Å². The summed E-state index contributed by atoms with van der Waals surface area (Å²) < 4.78 is 5.20. The maximum atomic E-state index is 11.4. The van der Waals surface area contributed by atoms with Gasteiger partial charge in [0, 0.05) is 26.2 Å². The first kappa shape index (κ1) is 16.2. The molecule has 1 rings (SSSR count). The molecule has 1 fully saturated rings. The monoisotopic (exact) mass is 288 g/mol. The number of amides is 3. The lowest BCUT2D eigenvalue weighted by atomic mass is 10.4. The molecule has 0 aliphatic carbocycles. The van der Waals surface area contributed by atoms with Crippen molar-refractivity contribution in [2.24, 2.45) is 0 Å². The zero-order chi connectivity index (χ0) is 14.8. The van der Waals surface area contributed by atoms with Crippen LogP contribution >= 0.6 is 0 Å². The van der Waals surface area contributed by atoms with Crippen LogP contribution in [0.5, 0.6) is 0 Å². The van der Waals surface area contributed by atoms with E-state index in [4.69, 9.17) is 9.84 Å². The number of hydrogen-bond acceptors (Lipinski definition) is 5. The van der Waals surface area contributed by atoms with Crippen LogP contribution in [-0.4, -0.2) is 80.4 Å². The Balaban J connectivity index is 2.02. The second-order valence-electron chi connectivity index (χ2n) is 4.23. The van der Waals surface area contributed by atoms with Crippen LogP contribution in [0.15, 0.2) is 0 Å². The zero-order valence-electron chi connectivity index (χ0n) is 11.2. The Morgan fingerprint density at radius 2 is 1.75 bits per heavy atom. The van der Waals surface area contributed by atoms with Crippen molar-refractivity contribution in [2.75, 3.05) is 52.5 Å². The van der Waals surface area contributed by atoms with Crippen molar-refractivity contribution in [3.05, 3.63) is 0 Å². The van der Waals surface area contributed by atoms with Gasteiger partial charge in [0.25, 0.3) is 0 Å². The van der Waals surface area contributed by atoms with Gasteiger partial charge in [-0.25, -0.2) is 4.79 Å². The van der Waals surface area contributed by atoms with Gasteiger partial charge in [0.2, 0.25) is 5.91 Å². The van der Waals surface area contributed by atoms with Crippen molar-refractivity contribution in [3.63, 3.8) is 0 Å².